The molecule has 1 saturated heterocycles. The molecular weight excluding hydrogens is 292 g/mol. The first-order chi connectivity index (χ1) is 11.2. The van der Waals surface area contributed by atoms with E-state index in [2.05, 4.69) is 11.4 Å². The second-order valence-corrected chi connectivity index (χ2v) is 6.22. The number of nitrogens with zero attached hydrogens (tertiary/aromatic N) is 1. The Balaban J connectivity index is 1.95. The SMILES string of the molecule is COc1ccccc1CC1CCCN1C(=O)NC(C)CCCO. The van der Waals surface area contributed by atoms with Gasteiger partial charge >= 0.3 is 6.03 Å². The summed E-state index contributed by atoms with van der Waals surface area (Å²) in [5.41, 5.74) is 1.15. The maximum atomic E-state index is 12.5. The largest absolute Gasteiger partial charge is 0.496 e. The number of nitrogens with one attached hydrogen (secondary N) is 1. The molecular formula is C18H28N2O3. The summed E-state index contributed by atoms with van der Waals surface area (Å²) in [7, 11) is 1.68. The summed E-state index contributed by atoms with van der Waals surface area (Å²) >= 11 is 0. The van der Waals surface area contributed by atoms with Crippen LogP contribution in [0.5, 0.6) is 5.75 Å². The van der Waals surface area contributed by atoms with Crippen LogP contribution in [0.2, 0.25) is 0 Å². The normalized spacial score (nSPS) is 18.7. The zero-order valence-electron chi connectivity index (χ0n) is 14.1. The van der Waals surface area contributed by atoms with Gasteiger partial charge in [0.15, 0.2) is 0 Å². The number of methoxy groups -OCH3 is 1. The molecule has 1 fully saturated rings. The highest BCUT2D eigenvalue weighted by molar-refractivity contribution is 5.75. The van der Waals surface area contributed by atoms with E-state index in [0.717, 1.165) is 43.5 Å². The molecule has 23 heavy (non-hydrogen) atoms. The summed E-state index contributed by atoms with van der Waals surface area (Å²) in [5.74, 6) is 0.885. The molecule has 1 aromatic rings. The number of ether oxygens (including phenoxy) is 1. The van der Waals surface area contributed by atoms with Crippen molar-refractivity contribution >= 4 is 6.03 Å². The van der Waals surface area contributed by atoms with Gasteiger partial charge in [0, 0.05) is 25.2 Å². The molecule has 0 bridgehead atoms. The van der Waals surface area contributed by atoms with Crippen LogP contribution in [0.15, 0.2) is 24.3 Å². The fourth-order valence-electron chi connectivity index (χ4n) is 3.20. The van der Waals surface area contributed by atoms with Crippen LogP contribution in [0, 0.1) is 0 Å². The first-order valence-electron chi connectivity index (χ1n) is 8.45. The number of rotatable bonds is 7. The quantitative estimate of drug-likeness (QED) is 0.812. The van der Waals surface area contributed by atoms with Crippen molar-refractivity contribution in [3.8, 4) is 5.75 Å². The van der Waals surface area contributed by atoms with Crippen LogP contribution in [0.1, 0.15) is 38.2 Å². The van der Waals surface area contributed by atoms with Crippen molar-refractivity contribution < 1.29 is 14.6 Å². The Morgan fingerprint density at radius 3 is 3.00 bits per heavy atom. The second-order valence-electron chi connectivity index (χ2n) is 6.22. The lowest BCUT2D eigenvalue weighted by Gasteiger charge is -2.27. The highest BCUT2D eigenvalue weighted by atomic mass is 16.5. The van der Waals surface area contributed by atoms with Gasteiger partial charge in [-0.15, -0.1) is 0 Å². The van der Waals surface area contributed by atoms with Crippen molar-refractivity contribution in [2.24, 2.45) is 0 Å². The maximum absolute atomic E-state index is 12.5. The first kappa shape index (κ1) is 17.6. The molecule has 1 heterocycles. The molecule has 128 valence electrons. The number of hydrogen-bond acceptors (Lipinski definition) is 3. The smallest absolute Gasteiger partial charge is 0.317 e. The number of benzene rings is 1. The molecule has 1 aliphatic rings. The van der Waals surface area contributed by atoms with Crippen molar-refractivity contribution in [1.29, 1.82) is 0 Å². The molecule has 0 saturated carbocycles. The number of urea groups is 1. The topological polar surface area (TPSA) is 61.8 Å². The number of carbonyl (C=O) groups excluding carboxylic acids is 1. The minimum Gasteiger partial charge on any atom is -0.496 e. The Kier molecular flexibility index (Phi) is 6.71. The Bertz CT molecular complexity index is 507. The van der Waals surface area contributed by atoms with Crippen LogP contribution >= 0.6 is 0 Å². The van der Waals surface area contributed by atoms with E-state index in [1.54, 1.807) is 7.11 Å². The fraction of sp³-hybridized carbons (Fsp3) is 0.611. The summed E-state index contributed by atoms with van der Waals surface area (Å²) in [6.45, 7) is 2.96. The van der Waals surface area contributed by atoms with Gasteiger partial charge in [-0.25, -0.2) is 4.79 Å². The first-order valence-corrected chi connectivity index (χ1v) is 8.45. The summed E-state index contributed by atoms with van der Waals surface area (Å²) in [6.07, 6.45) is 4.40. The summed E-state index contributed by atoms with van der Waals surface area (Å²) in [4.78, 5) is 14.4. The average Bonchev–Trinajstić information content (AvgIpc) is 3.01. The van der Waals surface area contributed by atoms with Gasteiger partial charge in [-0.05, 0) is 50.7 Å². The van der Waals surface area contributed by atoms with Crippen molar-refractivity contribution in [2.45, 2.75) is 51.1 Å². The minimum absolute atomic E-state index is 0.00726. The molecule has 0 spiro atoms. The molecule has 0 aliphatic carbocycles. The van der Waals surface area contributed by atoms with Gasteiger partial charge in [-0.3, -0.25) is 0 Å². The van der Waals surface area contributed by atoms with Crippen molar-refractivity contribution in [1.82, 2.24) is 10.2 Å². The third kappa shape index (κ3) is 4.86. The molecule has 2 rings (SSSR count). The van der Waals surface area contributed by atoms with E-state index in [4.69, 9.17) is 9.84 Å². The van der Waals surface area contributed by atoms with Gasteiger partial charge in [0.1, 0.15) is 5.75 Å². The number of hydrogen-bond donors (Lipinski definition) is 2. The lowest BCUT2D eigenvalue weighted by atomic mass is 10.0. The van der Waals surface area contributed by atoms with Gasteiger partial charge in [0.25, 0.3) is 0 Å². The zero-order valence-corrected chi connectivity index (χ0v) is 14.1. The van der Waals surface area contributed by atoms with E-state index in [-0.39, 0.29) is 24.7 Å². The maximum Gasteiger partial charge on any atom is 0.317 e. The zero-order chi connectivity index (χ0) is 16.7. The number of amides is 2. The Morgan fingerprint density at radius 2 is 2.26 bits per heavy atom. The molecule has 2 unspecified atom stereocenters. The standard InChI is InChI=1S/C18H28N2O3/c1-14(7-6-12-21)19-18(22)20-11-5-9-16(20)13-15-8-3-4-10-17(15)23-2/h3-4,8,10,14,16,21H,5-7,9,11-13H2,1-2H3,(H,19,22). The lowest BCUT2D eigenvalue weighted by Crippen LogP contribution is -2.46. The number of likely N-dealkylation sites (tertiary alicyclic amines) is 1. The van der Waals surface area contributed by atoms with Crippen LogP contribution < -0.4 is 10.1 Å². The Labute approximate surface area is 138 Å². The number of aliphatic hydroxyl groups excluding tert-OH is 1. The Morgan fingerprint density at radius 1 is 1.48 bits per heavy atom. The van der Waals surface area contributed by atoms with Gasteiger partial charge in [0.05, 0.1) is 7.11 Å². The molecule has 1 aromatic carbocycles. The summed E-state index contributed by atoms with van der Waals surface area (Å²) in [6, 6.07) is 8.31. The van der Waals surface area contributed by atoms with E-state index < -0.39 is 0 Å². The highest BCUT2D eigenvalue weighted by Gasteiger charge is 2.29. The molecule has 0 aromatic heterocycles. The third-order valence-corrected chi connectivity index (χ3v) is 4.45. The highest BCUT2D eigenvalue weighted by Crippen LogP contribution is 2.26. The van der Waals surface area contributed by atoms with Crippen LogP contribution in [-0.4, -0.2) is 48.4 Å². The van der Waals surface area contributed by atoms with Crippen molar-refractivity contribution in [3.63, 3.8) is 0 Å². The predicted octanol–water partition coefficient (Wildman–Crippen LogP) is 2.57. The predicted molar refractivity (Wildman–Crippen MR) is 90.7 cm³/mol. The lowest BCUT2D eigenvalue weighted by molar-refractivity contribution is 0.187. The third-order valence-electron chi connectivity index (χ3n) is 4.45. The van der Waals surface area contributed by atoms with Gasteiger partial charge in [-0.2, -0.15) is 0 Å². The van der Waals surface area contributed by atoms with Gasteiger partial charge < -0.3 is 20.1 Å². The van der Waals surface area contributed by atoms with Gasteiger partial charge in [0.2, 0.25) is 0 Å². The van der Waals surface area contributed by atoms with Crippen molar-refractivity contribution in [3.05, 3.63) is 29.8 Å². The summed E-state index contributed by atoms with van der Waals surface area (Å²) < 4.78 is 5.42. The fourth-order valence-corrected chi connectivity index (χ4v) is 3.20. The molecule has 2 amide bonds. The monoisotopic (exact) mass is 320 g/mol. The molecule has 5 nitrogen and oxygen atoms in total. The number of para-hydroxylation sites is 1. The average molecular weight is 320 g/mol. The van der Waals surface area contributed by atoms with Crippen LogP contribution in [0.4, 0.5) is 4.79 Å². The van der Waals surface area contributed by atoms with E-state index in [1.807, 2.05) is 30.0 Å². The molecule has 5 heteroatoms. The molecule has 2 N–H and O–H groups in total. The molecule has 2 atom stereocenters. The van der Waals surface area contributed by atoms with E-state index in [9.17, 15) is 4.79 Å². The van der Waals surface area contributed by atoms with Gasteiger partial charge in [-0.1, -0.05) is 18.2 Å². The molecule has 1 aliphatic heterocycles. The van der Waals surface area contributed by atoms with Crippen LogP contribution in [0.3, 0.4) is 0 Å². The van der Waals surface area contributed by atoms with E-state index >= 15 is 0 Å². The van der Waals surface area contributed by atoms with Crippen LogP contribution in [0.25, 0.3) is 0 Å². The number of carbonyl (C=O) groups is 1. The summed E-state index contributed by atoms with van der Waals surface area (Å²) in [5, 5.41) is 11.9. The van der Waals surface area contributed by atoms with E-state index in [0.29, 0.717) is 6.42 Å². The Hall–Kier alpha value is -1.75. The van der Waals surface area contributed by atoms with Crippen molar-refractivity contribution in [2.75, 3.05) is 20.3 Å². The van der Waals surface area contributed by atoms with Crippen LogP contribution in [-0.2, 0) is 6.42 Å². The second kappa shape index (κ2) is 8.77. The van der Waals surface area contributed by atoms with E-state index in [1.165, 1.54) is 0 Å². The number of aliphatic hydroxyl groups is 1. The molecule has 0 radical (unpaired) electrons. The minimum atomic E-state index is 0.00726.